The first-order valence-electron chi connectivity index (χ1n) is 20.7. The van der Waals surface area contributed by atoms with Gasteiger partial charge in [-0.1, -0.05) is 178 Å². The number of benzene rings is 9. The van der Waals surface area contributed by atoms with Gasteiger partial charge in [0.1, 0.15) is 11.2 Å². The monoisotopic (exact) mass is 766 g/mol. The second-order valence-corrected chi connectivity index (χ2v) is 16.5. The molecule has 0 amide bonds. The Morgan fingerprint density at radius 1 is 0.400 bits per heavy atom. The molecule has 1 aliphatic rings. The van der Waals surface area contributed by atoms with Crippen LogP contribution >= 0.6 is 0 Å². The van der Waals surface area contributed by atoms with Crippen LogP contribution in [0.4, 0.5) is 0 Å². The van der Waals surface area contributed by atoms with Crippen molar-refractivity contribution in [3.8, 4) is 67.3 Å². The summed E-state index contributed by atoms with van der Waals surface area (Å²) in [5.74, 6) is 0.683. The normalized spacial score (nSPS) is 13.0. The molecule has 2 aromatic heterocycles. The van der Waals surface area contributed by atoms with Crippen LogP contribution in [-0.4, -0.2) is 9.97 Å². The van der Waals surface area contributed by atoms with Crippen molar-refractivity contribution in [2.45, 2.75) is 19.3 Å². The SMILES string of the molecule is CC1(C)c2cc3ccccc3cc2-c2c(-c3ccccc3-c3cc(-c4ccccc4-c4cccc5oc6c7ccccc7ccc6c45)nc(-c4ccccc4)n3)cccc21. The highest BCUT2D eigenvalue weighted by molar-refractivity contribution is 6.19. The van der Waals surface area contributed by atoms with Crippen molar-refractivity contribution in [3.05, 3.63) is 205 Å². The van der Waals surface area contributed by atoms with Crippen molar-refractivity contribution < 1.29 is 4.42 Å². The molecule has 0 bridgehead atoms. The molecule has 9 aromatic carbocycles. The molecule has 12 rings (SSSR count). The Balaban J connectivity index is 1.08. The molecule has 0 fully saturated rings. The van der Waals surface area contributed by atoms with E-state index in [9.17, 15) is 0 Å². The summed E-state index contributed by atoms with van der Waals surface area (Å²) in [4.78, 5) is 10.7. The van der Waals surface area contributed by atoms with E-state index in [0.29, 0.717) is 5.82 Å². The van der Waals surface area contributed by atoms with E-state index in [1.807, 2.05) is 6.07 Å². The number of hydrogen-bond donors (Lipinski definition) is 0. The second-order valence-electron chi connectivity index (χ2n) is 16.5. The number of nitrogens with zero attached hydrogens (tertiary/aromatic N) is 2. The third kappa shape index (κ3) is 5.22. The van der Waals surface area contributed by atoms with Gasteiger partial charge in [-0.3, -0.25) is 0 Å². The van der Waals surface area contributed by atoms with E-state index >= 15 is 0 Å². The lowest BCUT2D eigenvalue weighted by Crippen LogP contribution is -2.14. The molecule has 0 spiro atoms. The summed E-state index contributed by atoms with van der Waals surface area (Å²) in [6.45, 7) is 4.72. The van der Waals surface area contributed by atoms with E-state index in [1.165, 1.54) is 38.6 Å². The standard InChI is InChI=1S/C57H38N2O/c1-57(2)48-28-14-26-44(53(48)47-32-37-19-6-7-20-38(37)33-49(47)57)40-22-10-12-24-42(40)50-34-51(59-56(58-50)36-17-4-3-5-18-36)43-25-13-11-23-41(43)45-27-15-29-52-54(45)46-31-30-35-16-8-9-21-39(35)55(46)60-52/h3-34H,1-2H3. The summed E-state index contributed by atoms with van der Waals surface area (Å²) < 4.78 is 6.64. The fourth-order valence-corrected chi connectivity index (χ4v) is 9.80. The summed E-state index contributed by atoms with van der Waals surface area (Å²) in [5, 5.41) is 7.00. The average Bonchev–Trinajstić information content (AvgIpc) is 3.80. The van der Waals surface area contributed by atoms with E-state index < -0.39 is 0 Å². The van der Waals surface area contributed by atoms with E-state index in [-0.39, 0.29) is 5.41 Å². The van der Waals surface area contributed by atoms with Crippen LogP contribution in [0.5, 0.6) is 0 Å². The third-order valence-electron chi connectivity index (χ3n) is 12.7. The van der Waals surface area contributed by atoms with Crippen LogP contribution in [-0.2, 0) is 5.41 Å². The highest BCUT2D eigenvalue weighted by atomic mass is 16.3. The van der Waals surface area contributed by atoms with Crippen LogP contribution in [0.25, 0.3) is 111 Å². The highest BCUT2D eigenvalue weighted by Gasteiger charge is 2.37. The van der Waals surface area contributed by atoms with Gasteiger partial charge in [0.05, 0.1) is 11.4 Å². The molecule has 0 aliphatic heterocycles. The maximum absolute atomic E-state index is 6.64. The second kappa shape index (κ2) is 13.2. The third-order valence-corrected chi connectivity index (χ3v) is 12.7. The van der Waals surface area contributed by atoms with Gasteiger partial charge < -0.3 is 4.42 Å². The Labute approximate surface area is 348 Å². The van der Waals surface area contributed by atoms with Gasteiger partial charge in [0.2, 0.25) is 0 Å². The Morgan fingerprint density at radius 3 is 1.73 bits per heavy atom. The molecule has 0 radical (unpaired) electrons. The van der Waals surface area contributed by atoms with Gasteiger partial charge in [-0.15, -0.1) is 0 Å². The molecular weight excluding hydrogens is 729 g/mol. The molecule has 3 nitrogen and oxygen atoms in total. The predicted octanol–water partition coefficient (Wildman–Crippen LogP) is 15.3. The first-order valence-corrected chi connectivity index (χ1v) is 20.7. The minimum absolute atomic E-state index is 0.151. The van der Waals surface area contributed by atoms with Crippen LogP contribution < -0.4 is 0 Å². The number of furan rings is 1. The maximum atomic E-state index is 6.64. The van der Waals surface area contributed by atoms with E-state index in [1.54, 1.807) is 0 Å². The Hall–Kier alpha value is -7.62. The lowest BCUT2D eigenvalue weighted by Gasteiger charge is -2.22. The summed E-state index contributed by atoms with van der Waals surface area (Å²) in [5.41, 5.74) is 16.3. The van der Waals surface area contributed by atoms with Gasteiger partial charge in [-0.2, -0.15) is 0 Å². The Bertz CT molecular complexity index is 3520. The smallest absolute Gasteiger partial charge is 0.160 e. The lowest BCUT2D eigenvalue weighted by atomic mass is 9.81. The van der Waals surface area contributed by atoms with Crippen molar-refractivity contribution in [2.75, 3.05) is 0 Å². The summed E-state index contributed by atoms with van der Waals surface area (Å²) >= 11 is 0. The molecule has 282 valence electrons. The van der Waals surface area contributed by atoms with Crippen molar-refractivity contribution in [3.63, 3.8) is 0 Å². The average molecular weight is 767 g/mol. The van der Waals surface area contributed by atoms with Crippen molar-refractivity contribution in [1.82, 2.24) is 9.97 Å². The minimum atomic E-state index is -0.151. The van der Waals surface area contributed by atoms with Crippen LogP contribution in [0.2, 0.25) is 0 Å². The zero-order valence-corrected chi connectivity index (χ0v) is 33.3. The topological polar surface area (TPSA) is 38.9 Å². The Morgan fingerprint density at radius 2 is 0.983 bits per heavy atom. The zero-order chi connectivity index (χ0) is 40.0. The molecule has 0 saturated carbocycles. The number of aromatic nitrogens is 2. The van der Waals surface area contributed by atoms with Gasteiger partial charge >= 0.3 is 0 Å². The largest absolute Gasteiger partial charge is 0.455 e. The first kappa shape index (κ1) is 34.4. The van der Waals surface area contributed by atoms with E-state index in [2.05, 4.69) is 202 Å². The number of hydrogen-bond acceptors (Lipinski definition) is 3. The molecule has 0 unspecified atom stereocenters. The van der Waals surface area contributed by atoms with E-state index in [0.717, 1.165) is 77.5 Å². The first-order chi connectivity index (χ1) is 29.5. The number of fused-ring (bicyclic) bond motifs is 9. The van der Waals surface area contributed by atoms with Crippen LogP contribution in [0, 0.1) is 0 Å². The summed E-state index contributed by atoms with van der Waals surface area (Å²) in [6, 6.07) is 69.4. The molecule has 2 heterocycles. The van der Waals surface area contributed by atoms with Crippen molar-refractivity contribution >= 4 is 43.5 Å². The Kier molecular flexibility index (Phi) is 7.58. The number of rotatable bonds is 5. The minimum Gasteiger partial charge on any atom is -0.455 e. The van der Waals surface area contributed by atoms with Gasteiger partial charge in [0.25, 0.3) is 0 Å². The molecule has 1 aliphatic carbocycles. The predicted molar refractivity (Wildman–Crippen MR) is 249 cm³/mol. The fourth-order valence-electron chi connectivity index (χ4n) is 9.80. The summed E-state index contributed by atoms with van der Waals surface area (Å²) in [6.07, 6.45) is 0. The van der Waals surface area contributed by atoms with Gasteiger partial charge in [-0.05, 0) is 91.0 Å². The highest BCUT2D eigenvalue weighted by Crippen LogP contribution is 2.54. The molecule has 0 atom stereocenters. The van der Waals surface area contributed by atoms with E-state index in [4.69, 9.17) is 14.4 Å². The molecular formula is C57H38N2O. The van der Waals surface area contributed by atoms with Gasteiger partial charge in [0, 0.05) is 38.3 Å². The van der Waals surface area contributed by atoms with Crippen molar-refractivity contribution in [1.29, 1.82) is 0 Å². The molecule has 11 aromatic rings. The van der Waals surface area contributed by atoms with Crippen LogP contribution in [0.3, 0.4) is 0 Å². The lowest BCUT2D eigenvalue weighted by molar-refractivity contribution is 0.661. The molecule has 60 heavy (non-hydrogen) atoms. The zero-order valence-electron chi connectivity index (χ0n) is 33.3. The molecule has 0 saturated heterocycles. The molecule has 0 N–H and O–H groups in total. The fraction of sp³-hybridized carbons (Fsp3) is 0.0526. The molecule has 3 heteroatoms. The van der Waals surface area contributed by atoms with Crippen molar-refractivity contribution in [2.24, 2.45) is 0 Å². The van der Waals surface area contributed by atoms with Gasteiger partial charge in [-0.25, -0.2) is 9.97 Å². The quantitative estimate of drug-likeness (QED) is 0.175. The van der Waals surface area contributed by atoms with Gasteiger partial charge in [0.15, 0.2) is 5.82 Å². The maximum Gasteiger partial charge on any atom is 0.160 e. The summed E-state index contributed by atoms with van der Waals surface area (Å²) in [7, 11) is 0. The van der Waals surface area contributed by atoms with Crippen LogP contribution in [0.15, 0.2) is 199 Å². The van der Waals surface area contributed by atoms with Crippen LogP contribution in [0.1, 0.15) is 25.0 Å².